The molecule has 0 aromatic heterocycles. The molecule has 0 radical (unpaired) electrons. The molecule has 9 unspecified atom stereocenters. The van der Waals surface area contributed by atoms with Crippen LogP contribution >= 0.6 is 0 Å². The van der Waals surface area contributed by atoms with Crippen molar-refractivity contribution < 1.29 is 19.4 Å². The molecule has 1 N–H and O–H groups in total. The van der Waals surface area contributed by atoms with E-state index in [4.69, 9.17) is 9.47 Å². The third-order valence-electron chi connectivity index (χ3n) is 6.19. The molecule has 0 aromatic carbocycles. The highest BCUT2D eigenvalue weighted by atomic mass is 16.5. The van der Waals surface area contributed by atoms with Gasteiger partial charge in [0.05, 0.1) is 30.8 Å². The molecule has 3 fully saturated rings. The van der Waals surface area contributed by atoms with Gasteiger partial charge in [0.15, 0.2) is 0 Å². The van der Waals surface area contributed by atoms with Gasteiger partial charge >= 0.3 is 5.97 Å². The van der Waals surface area contributed by atoms with Crippen molar-refractivity contribution in [3.05, 3.63) is 12.2 Å². The van der Waals surface area contributed by atoms with Crippen LogP contribution in [0.25, 0.3) is 0 Å². The first-order chi connectivity index (χ1) is 10.1. The average molecular weight is 292 g/mol. The third kappa shape index (κ3) is 1.85. The predicted molar refractivity (Wildman–Crippen MR) is 76.3 cm³/mol. The van der Waals surface area contributed by atoms with Gasteiger partial charge in [0, 0.05) is 5.92 Å². The monoisotopic (exact) mass is 292 g/mol. The van der Waals surface area contributed by atoms with Crippen molar-refractivity contribution in [2.75, 3.05) is 6.61 Å². The minimum Gasteiger partial charge on any atom is -0.466 e. The largest absolute Gasteiger partial charge is 0.466 e. The summed E-state index contributed by atoms with van der Waals surface area (Å²) < 4.78 is 11.4. The molecule has 2 aliphatic carbocycles. The first kappa shape index (κ1) is 13.8. The van der Waals surface area contributed by atoms with Gasteiger partial charge in [0.1, 0.15) is 0 Å². The Hall–Kier alpha value is -0.870. The zero-order valence-electron chi connectivity index (χ0n) is 12.6. The summed E-state index contributed by atoms with van der Waals surface area (Å²) in [6.45, 7) is 3.88. The van der Waals surface area contributed by atoms with E-state index in [0.29, 0.717) is 30.3 Å². The van der Waals surface area contributed by atoms with Gasteiger partial charge in [0.25, 0.3) is 0 Å². The van der Waals surface area contributed by atoms with Gasteiger partial charge in [0.2, 0.25) is 0 Å². The molecule has 0 amide bonds. The van der Waals surface area contributed by atoms with Crippen molar-refractivity contribution in [1.82, 2.24) is 0 Å². The molecular weight excluding hydrogens is 268 g/mol. The van der Waals surface area contributed by atoms with Crippen LogP contribution in [0.4, 0.5) is 0 Å². The number of carbonyl (C=O) groups is 1. The summed E-state index contributed by atoms with van der Waals surface area (Å²) in [4.78, 5) is 12.2. The number of aliphatic hydroxyl groups is 1. The summed E-state index contributed by atoms with van der Waals surface area (Å²) in [6.07, 6.45) is 6.60. The summed E-state index contributed by atoms with van der Waals surface area (Å²) in [6, 6.07) is 0. The van der Waals surface area contributed by atoms with Crippen LogP contribution in [0.15, 0.2) is 12.2 Å². The van der Waals surface area contributed by atoms with Gasteiger partial charge in [-0.1, -0.05) is 12.2 Å². The van der Waals surface area contributed by atoms with Gasteiger partial charge < -0.3 is 14.6 Å². The van der Waals surface area contributed by atoms with E-state index in [-0.39, 0.29) is 24.1 Å². The van der Waals surface area contributed by atoms with E-state index in [0.717, 1.165) is 6.42 Å². The minimum atomic E-state index is -0.676. The smallest absolute Gasteiger partial charge is 0.311 e. The van der Waals surface area contributed by atoms with Crippen LogP contribution in [0, 0.1) is 35.5 Å². The Morgan fingerprint density at radius 1 is 1.33 bits per heavy atom. The molecule has 4 rings (SSSR count). The summed E-state index contributed by atoms with van der Waals surface area (Å²) in [5.74, 6) is 1.92. The van der Waals surface area contributed by atoms with Gasteiger partial charge in [-0.15, -0.1) is 0 Å². The molecular formula is C17H24O4. The van der Waals surface area contributed by atoms with E-state index in [1.54, 1.807) is 6.92 Å². The molecule has 4 aliphatic rings. The van der Waals surface area contributed by atoms with Gasteiger partial charge in [-0.25, -0.2) is 0 Å². The fourth-order valence-corrected chi connectivity index (χ4v) is 5.59. The highest BCUT2D eigenvalue weighted by Gasteiger charge is 2.64. The maximum atomic E-state index is 12.2. The molecule has 2 heterocycles. The number of ether oxygens (including phenoxy) is 2. The number of rotatable bonds is 4. The Morgan fingerprint density at radius 3 is 2.71 bits per heavy atom. The Morgan fingerprint density at radius 2 is 2.05 bits per heavy atom. The lowest BCUT2D eigenvalue weighted by Gasteiger charge is -2.37. The van der Waals surface area contributed by atoms with E-state index in [1.807, 2.05) is 6.92 Å². The van der Waals surface area contributed by atoms with Crippen molar-refractivity contribution >= 4 is 5.97 Å². The lowest BCUT2D eigenvalue weighted by Crippen LogP contribution is -2.44. The lowest BCUT2D eigenvalue weighted by atomic mass is 9.65. The normalized spacial score (nSPS) is 48.4. The van der Waals surface area contributed by atoms with Crippen LogP contribution in [0.1, 0.15) is 26.7 Å². The minimum absolute atomic E-state index is 0.114. The van der Waals surface area contributed by atoms with E-state index in [1.165, 1.54) is 6.42 Å². The summed E-state index contributed by atoms with van der Waals surface area (Å²) >= 11 is 0. The average Bonchev–Trinajstić information content (AvgIpc) is 3.17. The summed E-state index contributed by atoms with van der Waals surface area (Å²) in [5, 5.41) is 10.1. The Kier molecular flexibility index (Phi) is 3.16. The molecule has 4 nitrogen and oxygen atoms in total. The van der Waals surface area contributed by atoms with E-state index >= 15 is 0 Å². The highest BCUT2D eigenvalue weighted by Crippen LogP contribution is 2.62. The molecule has 2 aliphatic heterocycles. The number of fused-ring (bicyclic) bond motifs is 9. The maximum Gasteiger partial charge on any atom is 0.311 e. The maximum absolute atomic E-state index is 12.2. The third-order valence-corrected chi connectivity index (χ3v) is 6.19. The number of esters is 1. The van der Waals surface area contributed by atoms with Crippen molar-refractivity contribution in [3.63, 3.8) is 0 Å². The molecule has 21 heavy (non-hydrogen) atoms. The molecule has 116 valence electrons. The predicted octanol–water partition coefficient (Wildman–Crippen LogP) is 1.77. The molecule has 4 heteroatoms. The lowest BCUT2D eigenvalue weighted by molar-refractivity contribution is -0.156. The second kappa shape index (κ2) is 4.82. The zero-order valence-corrected chi connectivity index (χ0v) is 12.6. The van der Waals surface area contributed by atoms with Gasteiger partial charge in [-0.3, -0.25) is 4.79 Å². The Labute approximate surface area is 125 Å². The first-order valence-electron chi connectivity index (χ1n) is 8.30. The van der Waals surface area contributed by atoms with Gasteiger partial charge in [-0.2, -0.15) is 0 Å². The van der Waals surface area contributed by atoms with E-state index in [2.05, 4.69) is 12.2 Å². The molecule has 0 aromatic rings. The second-order valence-corrected chi connectivity index (χ2v) is 7.16. The topological polar surface area (TPSA) is 55.8 Å². The number of hydrogen-bond donors (Lipinski definition) is 1. The van der Waals surface area contributed by atoms with Crippen molar-refractivity contribution in [3.8, 4) is 0 Å². The van der Waals surface area contributed by atoms with E-state index < -0.39 is 12.0 Å². The molecule has 1 saturated carbocycles. The van der Waals surface area contributed by atoms with Crippen LogP contribution in [-0.2, 0) is 14.3 Å². The van der Waals surface area contributed by atoms with Crippen LogP contribution in [-0.4, -0.2) is 36.0 Å². The number of allylic oxidation sites excluding steroid dienone is 2. The number of carbonyl (C=O) groups excluding carboxylic acids is 1. The summed E-state index contributed by atoms with van der Waals surface area (Å²) in [7, 11) is 0. The first-order valence-corrected chi connectivity index (χ1v) is 8.30. The standard InChI is InChI=1S/C17H24O4/c1-3-20-17(19)13(8(2)18)11-7-12-14-9-4-5-10(6-9)15(14)16(11)21-12/h4-5,8-16,18H,3,6-7H2,1-2H3. The SMILES string of the molecule is CCOC(=O)C(C(C)O)C1CC2OC1C1C3C=CC(C3)C21. The van der Waals surface area contributed by atoms with Crippen molar-refractivity contribution in [2.45, 2.75) is 45.0 Å². The zero-order chi connectivity index (χ0) is 14.7. The molecule has 9 atom stereocenters. The van der Waals surface area contributed by atoms with Crippen LogP contribution < -0.4 is 0 Å². The quantitative estimate of drug-likeness (QED) is 0.634. The molecule has 2 saturated heterocycles. The van der Waals surface area contributed by atoms with E-state index in [9.17, 15) is 9.90 Å². The van der Waals surface area contributed by atoms with Crippen LogP contribution in [0.2, 0.25) is 0 Å². The fraction of sp³-hybridized carbons (Fsp3) is 0.824. The number of hydrogen-bond acceptors (Lipinski definition) is 4. The molecule has 4 bridgehead atoms. The number of aliphatic hydroxyl groups excluding tert-OH is 1. The van der Waals surface area contributed by atoms with Gasteiger partial charge in [-0.05, 0) is 50.4 Å². The van der Waals surface area contributed by atoms with Crippen LogP contribution in [0.5, 0.6) is 0 Å². The Bertz CT molecular complexity index is 471. The second-order valence-electron chi connectivity index (χ2n) is 7.16. The summed E-state index contributed by atoms with van der Waals surface area (Å²) in [5.41, 5.74) is 0. The van der Waals surface area contributed by atoms with Crippen LogP contribution in [0.3, 0.4) is 0 Å². The molecule has 0 spiro atoms. The highest BCUT2D eigenvalue weighted by molar-refractivity contribution is 5.73. The van der Waals surface area contributed by atoms with Crippen molar-refractivity contribution in [2.24, 2.45) is 35.5 Å². The van der Waals surface area contributed by atoms with Crippen molar-refractivity contribution in [1.29, 1.82) is 0 Å². The fourth-order valence-electron chi connectivity index (χ4n) is 5.59. The Balaban J connectivity index is 1.57.